The largest absolute Gasteiger partial charge is 0.333 e. The summed E-state index contributed by atoms with van der Waals surface area (Å²) in [6.45, 7) is 6.88. The van der Waals surface area contributed by atoms with Gasteiger partial charge in [-0.25, -0.2) is 0 Å². The van der Waals surface area contributed by atoms with Crippen LogP contribution in [-0.4, -0.2) is 35.4 Å². The maximum Gasteiger partial charge on any atom is 0.240 e. The van der Waals surface area contributed by atoms with E-state index in [-0.39, 0.29) is 5.91 Å². The van der Waals surface area contributed by atoms with Gasteiger partial charge in [0, 0.05) is 13.1 Å². The second-order valence-electron chi connectivity index (χ2n) is 4.88. The van der Waals surface area contributed by atoms with Gasteiger partial charge in [-0.15, -0.1) is 6.58 Å². The molecule has 0 saturated heterocycles. The molecule has 0 radical (unpaired) electrons. The highest BCUT2D eigenvalue weighted by molar-refractivity contribution is 7.98. The average molecular weight is 292 g/mol. The summed E-state index contributed by atoms with van der Waals surface area (Å²) in [5, 5.41) is 0. The number of carbonyl (C=O) groups is 1. The second-order valence-corrected chi connectivity index (χ2v) is 5.87. The Morgan fingerprint density at radius 1 is 1.45 bits per heavy atom. The molecule has 0 aliphatic rings. The molecule has 1 aromatic carbocycles. The molecule has 0 bridgehead atoms. The van der Waals surface area contributed by atoms with Gasteiger partial charge in [0.2, 0.25) is 5.91 Å². The highest BCUT2D eigenvalue weighted by Gasteiger charge is 2.19. The van der Waals surface area contributed by atoms with Crippen molar-refractivity contribution in [3.8, 4) is 0 Å². The van der Waals surface area contributed by atoms with E-state index in [0.717, 1.165) is 11.3 Å². The van der Waals surface area contributed by atoms with Crippen LogP contribution in [0, 0.1) is 6.92 Å². The van der Waals surface area contributed by atoms with Crippen molar-refractivity contribution >= 4 is 17.7 Å². The van der Waals surface area contributed by atoms with Gasteiger partial charge in [0.1, 0.15) is 0 Å². The maximum atomic E-state index is 12.4. The van der Waals surface area contributed by atoms with Crippen molar-refractivity contribution in [1.29, 1.82) is 0 Å². The number of thioether (sulfide) groups is 1. The Kier molecular flexibility index (Phi) is 7.41. The number of rotatable bonds is 8. The third-order valence-electron chi connectivity index (χ3n) is 3.11. The fraction of sp³-hybridized carbons (Fsp3) is 0.438. The molecule has 1 atom stereocenters. The Balaban J connectivity index is 2.69. The van der Waals surface area contributed by atoms with E-state index in [0.29, 0.717) is 19.5 Å². The van der Waals surface area contributed by atoms with Crippen molar-refractivity contribution in [3.63, 3.8) is 0 Å². The summed E-state index contributed by atoms with van der Waals surface area (Å²) in [6.07, 6.45) is 4.47. The molecular formula is C16H24N2OS. The van der Waals surface area contributed by atoms with E-state index in [1.807, 2.05) is 18.4 Å². The molecular weight excluding hydrogens is 268 g/mol. The Morgan fingerprint density at radius 2 is 2.10 bits per heavy atom. The normalized spacial score (nSPS) is 11.9. The Bertz CT molecular complexity index is 431. The predicted octanol–water partition coefficient (Wildman–Crippen LogP) is 2.59. The lowest BCUT2D eigenvalue weighted by atomic mass is 10.1. The monoisotopic (exact) mass is 292 g/mol. The lowest BCUT2D eigenvalue weighted by Crippen LogP contribution is -2.43. The second kappa shape index (κ2) is 8.82. The van der Waals surface area contributed by atoms with Gasteiger partial charge in [0.15, 0.2) is 0 Å². The molecule has 110 valence electrons. The molecule has 0 fully saturated rings. The van der Waals surface area contributed by atoms with Crippen LogP contribution >= 0.6 is 11.8 Å². The molecule has 20 heavy (non-hydrogen) atoms. The minimum absolute atomic E-state index is 0.000440. The van der Waals surface area contributed by atoms with Gasteiger partial charge in [-0.05, 0) is 30.9 Å². The van der Waals surface area contributed by atoms with Crippen LogP contribution in [0.25, 0.3) is 0 Å². The molecule has 0 aromatic heterocycles. The maximum absolute atomic E-state index is 12.4. The third-order valence-corrected chi connectivity index (χ3v) is 3.75. The van der Waals surface area contributed by atoms with Crippen molar-refractivity contribution in [3.05, 3.63) is 48.0 Å². The van der Waals surface area contributed by atoms with E-state index in [9.17, 15) is 4.79 Å². The molecule has 0 aliphatic carbocycles. The van der Waals surface area contributed by atoms with Crippen molar-refractivity contribution in [2.24, 2.45) is 5.73 Å². The van der Waals surface area contributed by atoms with E-state index < -0.39 is 6.04 Å². The van der Waals surface area contributed by atoms with Gasteiger partial charge in [0.05, 0.1) is 6.04 Å². The van der Waals surface area contributed by atoms with Gasteiger partial charge in [0.25, 0.3) is 0 Å². The number of nitrogens with zero attached hydrogens (tertiary/aromatic N) is 1. The van der Waals surface area contributed by atoms with Crippen LogP contribution in [-0.2, 0) is 11.3 Å². The Labute approximate surface area is 126 Å². The first-order valence-corrected chi connectivity index (χ1v) is 8.17. The van der Waals surface area contributed by atoms with E-state index >= 15 is 0 Å². The van der Waals surface area contributed by atoms with Crippen LogP contribution in [0.3, 0.4) is 0 Å². The van der Waals surface area contributed by atoms with E-state index in [4.69, 9.17) is 5.73 Å². The topological polar surface area (TPSA) is 46.3 Å². The van der Waals surface area contributed by atoms with Crippen LogP contribution in [0.2, 0.25) is 0 Å². The quantitative estimate of drug-likeness (QED) is 0.749. The SMILES string of the molecule is C=CCN(Cc1ccc(C)cc1)C(=O)[C@@H](N)CCSC. The van der Waals surface area contributed by atoms with Gasteiger partial charge in [-0.2, -0.15) is 11.8 Å². The van der Waals surface area contributed by atoms with Crippen LogP contribution in [0.15, 0.2) is 36.9 Å². The molecule has 0 unspecified atom stereocenters. The smallest absolute Gasteiger partial charge is 0.240 e. The average Bonchev–Trinajstić information content (AvgIpc) is 2.45. The summed E-state index contributed by atoms with van der Waals surface area (Å²) in [4.78, 5) is 14.1. The number of carbonyl (C=O) groups excluding carboxylic acids is 1. The molecule has 3 nitrogen and oxygen atoms in total. The summed E-state index contributed by atoms with van der Waals surface area (Å²) in [5.74, 6) is 0.902. The Morgan fingerprint density at radius 3 is 2.65 bits per heavy atom. The zero-order valence-electron chi connectivity index (χ0n) is 12.3. The van der Waals surface area contributed by atoms with E-state index in [2.05, 4.69) is 25.6 Å². The number of nitrogens with two attached hydrogens (primary N) is 1. The molecule has 4 heteroatoms. The van der Waals surface area contributed by atoms with Crippen molar-refractivity contribution in [2.75, 3.05) is 18.6 Å². The third kappa shape index (κ3) is 5.39. The number of amides is 1. The highest BCUT2D eigenvalue weighted by Crippen LogP contribution is 2.10. The van der Waals surface area contributed by atoms with Crippen molar-refractivity contribution in [2.45, 2.75) is 25.9 Å². The summed E-state index contributed by atoms with van der Waals surface area (Å²) in [6, 6.07) is 7.78. The van der Waals surface area contributed by atoms with Crippen LogP contribution < -0.4 is 5.73 Å². The minimum atomic E-state index is -0.423. The lowest BCUT2D eigenvalue weighted by Gasteiger charge is -2.24. The van der Waals surface area contributed by atoms with Crippen LogP contribution in [0.5, 0.6) is 0 Å². The van der Waals surface area contributed by atoms with Crippen LogP contribution in [0.4, 0.5) is 0 Å². The Hall–Kier alpha value is -1.26. The van der Waals surface area contributed by atoms with E-state index in [1.54, 1.807) is 22.7 Å². The first kappa shape index (κ1) is 16.8. The fourth-order valence-electron chi connectivity index (χ4n) is 1.90. The number of aryl methyl sites for hydroxylation is 1. The molecule has 0 aliphatic heterocycles. The van der Waals surface area contributed by atoms with Gasteiger partial charge >= 0.3 is 0 Å². The number of hydrogen-bond donors (Lipinski definition) is 1. The first-order chi connectivity index (χ1) is 9.58. The molecule has 1 aromatic rings. The summed E-state index contributed by atoms with van der Waals surface area (Å²) in [5.41, 5.74) is 8.30. The molecule has 1 amide bonds. The minimum Gasteiger partial charge on any atom is -0.333 e. The predicted molar refractivity (Wildman–Crippen MR) is 87.8 cm³/mol. The highest BCUT2D eigenvalue weighted by atomic mass is 32.2. The van der Waals surface area contributed by atoms with Crippen LogP contribution in [0.1, 0.15) is 17.5 Å². The molecule has 0 saturated carbocycles. The summed E-state index contributed by atoms with van der Waals surface area (Å²) >= 11 is 1.71. The first-order valence-electron chi connectivity index (χ1n) is 6.78. The molecule has 0 heterocycles. The summed E-state index contributed by atoms with van der Waals surface area (Å²) < 4.78 is 0. The summed E-state index contributed by atoms with van der Waals surface area (Å²) in [7, 11) is 0. The van der Waals surface area contributed by atoms with Crippen molar-refractivity contribution < 1.29 is 4.79 Å². The molecule has 0 spiro atoms. The number of benzene rings is 1. The molecule has 1 rings (SSSR count). The fourth-order valence-corrected chi connectivity index (χ4v) is 2.39. The van der Waals surface area contributed by atoms with Crippen molar-refractivity contribution in [1.82, 2.24) is 4.90 Å². The molecule has 2 N–H and O–H groups in total. The zero-order valence-corrected chi connectivity index (χ0v) is 13.2. The van der Waals surface area contributed by atoms with E-state index in [1.165, 1.54) is 5.56 Å². The van der Waals surface area contributed by atoms with Gasteiger partial charge in [-0.3, -0.25) is 4.79 Å². The lowest BCUT2D eigenvalue weighted by molar-refractivity contribution is -0.132. The standard InChI is InChI=1S/C16H24N2OS/c1-4-10-18(16(19)15(17)9-11-20-3)12-14-7-5-13(2)6-8-14/h4-8,15H,1,9-12,17H2,2-3H3/t15-/m0/s1. The zero-order chi connectivity index (χ0) is 15.0. The van der Waals surface area contributed by atoms with Gasteiger partial charge in [-0.1, -0.05) is 35.9 Å². The number of hydrogen-bond acceptors (Lipinski definition) is 3. The van der Waals surface area contributed by atoms with Gasteiger partial charge < -0.3 is 10.6 Å².